The topological polar surface area (TPSA) is 0 Å². The summed E-state index contributed by atoms with van der Waals surface area (Å²) >= 11 is 0. The zero-order valence-electron chi connectivity index (χ0n) is 21.8. The van der Waals surface area contributed by atoms with Gasteiger partial charge in [-0.05, 0) is 75.5 Å². The zero-order valence-corrected chi connectivity index (χ0v) is 31.1. The SMILES string of the molecule is CCCCP(CCCC)CCCC.CCCCP(CCCC)CCCC.[Cl-].[Cl-].[Cl-].[Cl-].[Pt+2].[Pt+2]. The predicted octanol–water partition coefficient (Wildman–Crippen LogP) is -2.25. The van der Waals surface area contributed by atoms with Crippen LogP contribution in [0.2, 0.25) is 0 Å². The summed E-state index contributed by atoms with van der Waals surface area (Å²) in [6.45, 7) is 13.9. The fourth-order valence-corrected chi connectivity index (χ4v) is 8.88. The molecule has 0 fully saturated rings. The number of hydrogen-bond donors (Lipinski definition) is 0. The van der Waals surface area contributed by atoms with Crippen molar-refractivity contribution < 1.29 is 91.8 Å². The van der Waals surface area contributed by atoms with Crippen LogP contribution in [0.5, 0.6) is 0 Å². The Kier molecular flexibility index (Phi) is 89.1. The molecule has 0 N–H and O–H groups in total. The Labute approximate surface area is 261 Å². The largest absolute Gasteiger partial charge is 2.00 e. The Balaban J connectivity index is -0.0000000505. The van der Waals surface area contributed by atoms with Crippen LogP contribution in [0, 0.1) is 0 Å². The Morgan fingerprint density at radius 3 is 0.531 bits per heavy atom. The van der Waals surface area contributed by atoms with Crippen molar-refractivity contribution in [1.82, 2.24) is 0 Å². The van der Waals surface area contributed by atoms with Crippen molar-refractivity contribution in [2.75, 3.05) is 37.0 Å². The van der Waals surface area contributed by atoms with E-state index in [-0.39, 0.29) is 91.8 Å². The van der Waals surface area contributed by atoms with Gasteiger partial charge in [-0.3, -0.25) is 0 Å². The molecule has 0 aromatic rings. The van der Waals surface area contributed by atoms with Gasteiger partial charge in [-0.1, -0.05) is 80.1 Å². The second-order valence-electron chi connectivity index (χ2n) is 7.80. The second kappa shape index (κ2) is 51.1. The molecule has 0 aliphatic rings. The third-order valence-corrected chi connectivity index (χ3v) is 10.7. The first-order valence-electron chi connectivity index (χ1n) is 12.1. The molecule has 8 heteroatoms. The van der Waals surface area contributed by atoms with Crippen LogP contribution in [-0.2, 0) is 42.1 Å². The van der Waals surface area contributed by atoms with Crippen molar-refractivity contribution >= 4 is 15.8 Å². The van der Waals surface area contributed by atoms with Crippen LogP contribution < -0.4 is 49.6 Å². The smallest absolute Gasteiger partial charge is 1.00 e. The second-order valence-corrected chi connectivity index (χ2v) is 13.2. The summed E-state index contributed by atoms with van der Waals surface area (Å²) < 4.78 is 0. The molecule has 0 radical (unpaired) electrons. The fourth-order valence-electron chi connectivity index (χ4n) is 2.96. The minimum atomic E-state index is 0. The molecular weight excluding hydrogens is 882 g/mol. The molecule has 0 unspecified atom stereocenters. The van der Waals surface area contributed by atoms with Gasteiger partial charge in [0.15, 0.2) is 0 Å². The quantitative estimate of drug-likeness (QED) is 0.137. The summed E-state index contributed by atoms with van der Waals surface area (Å²) in [5.74, 6) is 0. The fraction of sp³-hybridized carbons (Fsp3) is 1.00. The van der Waals surface area contributed by atoms with E-state index in [2.05, 4.69) is 41.5 Å². The van der Waals surface area contributed by atoms with Crippen LogP contribution in [0.4, 0.5) is 0 Å². The van der Waals surface area contributed by atoms with E-state index in [0.29, 0.717) is 15.8 Å². The molecule has 0 saturated heterocycles. The van der Waals surface area contributed by atoms with Gasteiger partial charge in [0, 0.05) is 0 Å². The van der Waals surface area contributed by atoms with Crippen molar-refractivity contribution in [3.8, 4) is 0 Å². The first-order chi connectivity index (χ1) is 12.7. The van der Waals surface area contributed by atoms with Gasteiger partial charge >= 0.3 is 42.1 Å². The molecule has 0 aliphatic carbocycles. The third-order valence-electron chi connectivity index (χ3n) is 4.97. The predicted molar refractivity (Wildman–Crippen MR) is 132 cm³/mol. The van der Waals surface area contributed by atoms with Gasteiger partial charge in [0.05, 0.1) is 0 Å². The van der Waals surface area contributed by atoms with Crippen LogP contribution in [0.15, 0.2) is 0 Å². The summed E-state index contributed by atoms with van der Waals surface area (Å²) in [4.78, 5) is 0. The van der Waals surface area contributed by atoms with Crippen molar-refractivity contribution in [2.24, 2.45) is 0 Å². The number of unbranched alkanes of at least 4 members (excludes halogenated alkanes) is 6. The maximum Gasteiger partial charge on any atom is 2.00 e. The van der Waals surface area contributed by atoms with Crippen molar-refractivity contribution in [3.63, 3.8) is 0 Å². The molecule has 0 spiro atoms. The van der Waals surface area contributed by atoms with E-state index in [4.69, 9.17) is 0 Å². The normalized spacial score (nSPS) is 9.00. The average Bonchev–Trinajstić information content (AvgIpc) is 2.67. The van der Waals surface area contributed by atoms with Crippen LogP contribution in [-0.4, -0.2) is 37.0 Å². The van der Waals surface area contributed by atoms with E-state index < -0.39 is 0 Å². The molecular formula is C24H54Cl4P2Pt2. The Morgan fingerprint density at radius 2 is 0.438 bits per heavy atom. The molecule has 0 nitrogen and oxygen atoms in total. The maximum atomic E-state index is 2.31. The molecule has 0 rings (SSSR count). The number of rotatable bonds is 18. The first kappa shape index (κ1) is 55.8. The number of hydrogen-bond acceptors (Lipinski definition) is 0. The monoisotopic (exact) mass is 934 g/mol. The van der Waals surface area contributed by atoms with Crippen molar-refractivity contribution in [2.45, 2.75) is 119 Å². The van der Waals surface area contributed by atoms with Gasteiger partial charge in [-0.25, -0.2) is 0 Å². The molecule has 0 saturated carbocycles. The van der Waals surface area contributed by atoms with Crippen molar-refractivity contribution in [3.05, 3.63) is 0 Å². The van der Waals surface area contributed by atoms with E-state index in [1.165, 1.54) is 77.0 Å². The average molecular weight is 937 g/mol. The van der Waals surface area contributed by atoms with E-state index in [1.54, 1.807) is 37.0 Å². The molecule has 208 valence electrons. The van der Waals surface area contributed by atoms with Gasteiger partial charge in [0.2, 0.25) is 0 Å². The van der Waals surface area contributed by atoms with Crippen LogP contribution >= 0.6 is 15.8 Å². The van der Waals surface area contributed by atoms with Gasteiger partial charge in [0.25, 0.3) is 0 Å². The van der Waals surface area contributed by atoms with Gasteiger partial charge < -0.3 is 49.6 Å². The summed E-state index contributed by atoms with van der Waals surface area (Å²) in [5.41, 5.74) is 0. The molecule has 0 amide bonds. The Morgan fingerprint density at radius 1 is 0.312 bits per heavy atom. The van der Waals surface area contributed by atoms with E-state index in [1.807, 2.05) is 0 Å². The minimum Gasteiger partial charge on any atom is -1.00 e. The number of halogens is 4. The zero-order chi connectivity index (χ0) is 19.9. The summed E-state index contributed by atoms with van der Waals surface area (Å²) in [6.07, 6.45) is 26.4. The molecule has 0 atom stereocenters. The molecule has 0 aliphatic heterocycles. The summed E-state index contributed by atoms with van der Waals surface area (Å²) in [6, 6.07) is 0. The van der Waals surface area contributed by atoms with Gasteiger partial charge in [-0.15, -0.1) is 15.8 Å². The van der Waals surface area contributed by atoms with Crippen LogP contribution in [0.3, 0.4) is 0 Å². The molecule has 32 heavy (non-hydrogen) atoms. The van der Waals surface area contributed by atoms with Crippen LogP contribution in [0.25, 0.3) is 0 Å². The molecule has 0 bridgehead atoms. The first-order valence-corrected chi connectivity index (χ1v) is 15.9. The summed E-state index contributed by atoms with van der Waals surface area (Å²) in [5, 5.41) is 0. The minimum absolute atomic E-state index is 0. The molecule has 0 aromatic heterocycles. The maximum absolute atomic E-state index is 2.31. The van der Waals surface area contributed by atoms with Crippen LogP contribution in [0.1, 0.15) is 119 Å². The summed E-state index contributed by atoms with van der Waals surface area (Å²) in [7, 11) is 0.843. The van der Waals surface area contributed by atoms with E-state index in [9.17, 15) is 0 Å². The van der Waals surface area contributed by atoms with Gasteiger partial charge in [0.1, 0.15) is 0 Å². The Bertz CT molecular complexity index is 196. The molecule has 0 heterocycles. The molecule has 0 aromatic carbocycles. The van der Waals surface area contributed by atoms with E-state index in [0.717, 1.165) is 0 Å². The van der Waals surface area contributed by atoms with E-state index >= 15 is 0 Å². The standard InChI is InChI=1S/2C12H27P.4ClH.2Pt/c2*1-4-7-10-13(11-8-5-2)12-9-6-3;;;;;;/h2*4-12H2,1-3H3;4*1H;;/q;;;;;;2*+2/p-4. The third kappa shape index (κ3) is 46.7. The van der Waals surface area contributed by atoms with Gasteiger partial charge in [-0.2, -0.15) is 0 Å². The van der Waals surface area contributed by atoms with Crippen molar-refractivity contribution in [1.29, 1.82) is 0 Å². The Hall–Kier alpha value is 3.40.